The topological polar surface area (TPSA) is 79.9 Å². The van der Waals surface area contributed by atoms with Crippen molar-refractivity contribution in [2.24, 2.45) is 0 Å². The Balaban J connectivity index is 2.13. The highest BCUT2D eigenvalue weighted by atomic mass is 35.5. The van der Waals surface area contributed by atoms with Crippen LogP contribution in [-0.2, 0) is 0 Å². The second-order valence-corrected chi connectivity index (χ2v) is 7.16. The quantitative estimate of drug-likeness (QED) is 0.558. The Morgan fingerprint density at radius 2 is 1.85 bits per heavy atom. The fourth-order valence-electron chi connectivity index (χ4n) is 2.75. The second kappa shape index (κ2) is 8.83. The molecule has 0 saturated carbocycles. The van der Waals surface area contributed by atoms with Crippen molar-refractivity contribution in [2.75, 3.05) is 39.6 Å². The number of nitrogens with zero attached hydrogens (tertiary/aromatic N) is 2. The number of halogens is 1. The van der Waals surface area contributed by atoms with Crippen LogP contribution in [-0.4, -0.2) is 45.6 Å². The molecule has 0 aliphatic heterocycles. The Morgan fingerprint density at radius 1 is 1.22 bits per heavy atom. The maximum atomic E-state index is 12.4. The van der Waals surface area contributed by atoms with Crippen LogP contribution in [0.4, 0.5) is 11.4 Å². The molecule has 27 heavy (non-hydrogen) atoms. The summed E-state index contributed by atoms with van der Waals surface area (Å²) in [6, 6.07) is 12.3. The summed E-state index contributed by atoms with van der Waals surface area (Å²) in [7, 11) is 8.00. The number of benzene rings is 2. The summed E-state index contributed by atoms with van der Waals surface area (Å²) >= 11 is 5.80. The molecule has 1 amide bonds. The third kappa shape index (κ3) is 5.18. The highest BCUT2D eigenvalue weighted by Gasteiger charge is 2.21. The lowest BCUT2D eigenvalue weighted by Crippen LogP contribution is -3.07. The molecule has 1 atom stereocenters. The minimum atomic E-state index is -0.599. The lowest BCUT2D eigenvalue weighted by molar-refractivity contribution is -0.890. The van der Waals surface area contributed by atoms with Gasteiger partial charge in [0.05, 0.1) is 25.6 Å². The van der Waals surface area contributed by atoms with Crippen LogP contribution in [0, 0.1) is 10.1 Å². The van der Waals surface area contributed by atoms with Crippen LogP contribution in [0.25, 0.3) is 0 Å². The molecule has 2 rings (SSSR count). The van der Waals surface area contributed by atoms with Crippen molar-refractivity contribution in [1.82, 2.24) is 5.32 Å². The first kappa shape index (κ1) is 20.7. The second-order valence-electron chi connectivity index (χ2n) is 6.75. The van der Waals surface area contributed by atoms with E-state index in [1.54, 1.807) is 0 Å². The Bertz CT molecular complexity index is 822. The fourth-order valence-corrected chi connectivity index (χ4v) is 2.94. The van der Waals surface area contributed by atoms with Crippen molar-refractivity contribution in [3.05, 3.63) is 68.7 Å². The van der Waals surface area contributed by atoms with E-state index in [2.05, 4.69) is 5.32 Å². The predicted octanol–water partition coefficient (Wildman–Crippen LogP) is 1.93. The predicted molar refractivity (Wildman–Crippen MR) is 107 cm³/mol. The van der Waals surface area contributed by atoms with E-state index >= 15 is 0 Å². The smallest absolute Gasteiger partial charge is 0.288 e. The summed E-state index contributed by atoms with van der Waals surface area (Å²) in [5, 5.41) is 13.9. The SMILES string of the molecule is CN(C)c1ccc([C@H](CNC(=O)c2ccc(Cl)c([N+](=O)[O-])c2)[NH+](C)C)cc1. The molecule has 0 radical (unpaired) electrons. The Kier molecular flexibility index (Phi) is 6.76. The average Bonchev–Trinajstić information content (AvgIpc) is 2.62. The van der Waals surface area contributed by atoms with Gasteiger partial charge in [0, 0.05) is 37.0 Å². The zero-order valence-electron chi connectivity index (χ0n) is 15.8. The molecule has 144 valence electrons. The molecule has 0 saturated heterocycles. The number of likely N-dealkylation sites (N-methyl/N-ethyl adjacent to an activating group) is 1. The van der Waals surface area contributed by atoms with E-state index in [9.17, 15) is 14.9 Å². The van der Waals surface area contributed by atoms with Crippen LogP contribution in [0.15, 0.2) is 42.5 Å². The minimum Gasteiger partial charge on any atom is -0.378 e. The molecule has 0 aliphatic rings. The van der Waals surface area contributed by atoms with Gasteiger partial charge < -0.3 is 15.1 Å². The van der Waals surface area contributed by atoms with Crippen molar-refractivity contribution in [2.45, 2.75) is 6.04 Å². The first-order valence-corrected chi connectivity index (χ1v) is 8.88. The molecule has 7 nitrogen and oxygen atoms in total. The summed E-state index contributed by atoms with van der Waals surface area (Å²) in [5.41, 5.74) is 2.13. The van der Waals surface area contributed by atoms with Gasteiger partial charge in [-0.05, 0) is 24.3 Å². The Morgan fingerprint density at radius 3 is 2.37 bits per heavy atom. The lowest BCUT2D eigenvalue weighted by atomic mass is 10.0. The lowest BCUT2D eigenvalue weighted by Gasteiger charge is -2.23. The summed E-state index contributed by atoms with van der Waals surface area (Å²) < 4.78 is 0. The number of hydrogen-bond acceptors (Lipinski definition) is 4. The highest BCUT2D eigenvalue weighted by molar-refractivity contribution is 6.32. The van der Waals surface area contributed by atoms with Crippen LogP contribution < -0.4 is 15.1 Å². The molecule has 0 spiro atoms. The van der Waals surface area contributed by atoms with Crippen LogP contribution >= 0.6 is 11.6 Å². The average molecular weight is 392 g/mol. The van der Waals surface area contributed by atoms with Gasteiger partial charge in [-0.1, -0.05) is 23.7 Å². The van der Waals surface area contributed by atoms with Gasteiger partial charge in [-0.2, -0.15) is 0 Å². The zero-order chi connectivity index (χ0) is 20.1. The summed E-state index contributed by atoms with van der Waals surface area (Å²) in [6.45, 7) is 0.402. The number of nitro groups is 1. The van der Waals surface area contributed by atoms with Gasteiger partial charge in [0.15, 0.2) is 0 Å². The largest absolute Gasteiger partial charge is 0.378 e. The van der Waals surface area contributed by atoms with E-state index < -0.39 is 4.92 Å². The molecule has 0 unspecified atom stereocenters. The molecule has 0 aromatic heterocycles. The number of anilines is 1. The zero-order valence-corrected chi connectivity index (χ0v) is 16.6. The van der Waals surface area contributed by atoms with E-state index in [1.165, 1.54) is 18.2 Å². The molecule has 2 aromatic rings. The first-order valence-electron chi connectivity index (χ1n) is 8.50. The van der Waals surface area contributed by atoms with Gasteiger partial charge in [0.1, 0.15) is 11.1 Å². The van der Waals surface area contributed by atoms with Crippen LogP contribution in [0.2, 0.25) is 5.02 Å². The molecule has 2 aromatic carbocycles. The van der Waals surface area contributed by atoms with Crippen molar-refractivity contribution in [3.63, 3.8) is 0 Å². The molecule has 8 heteroatoms. The molecule has 2 N–H and O–H groups in total. The number of carbonyl (C=O) groups excluding carboxylic acids is 1. The maximum Gasteiger partial charge on any atom is 0.288 e. The van der Waals surface area contributed by atoms with Gasteiger partial charge in [-0.3, -0.25) is 14.9 Å². The monoisotopic (exact) mass is 391 g/mol. The van der Waals surface area contributed by atoms with Crippen LogP contribution in [0.5, 0.6) is 0 Å². The minimum absolute atomic E-state index is 0.00754. The number of carbonyl (C=O) groups is 1. The molecule has 0 bridgehead atoms. The normalized spacial score (nSPS) is 11.9. The molecule has 0 aliphatic carbocycles. The Hall–Kier alpha value is -2.64. The van der Waals surface area contributed by atoms with Gasteiger partial charge >= 0.3 is 0 Å². The maximum absolute atomic E-state index is 12.4. The van der Waals surface area contributed by atoms with Gasteiger partial charge in [0.25, 0.3) is 11.6 Å². The van der Waals surface area contributed by atoms with Gasteiger partial charge in [-0.25, -0.2) is 0 Å². The fraction of sp³-hybridized carbons (Fsp3) is 0.316. The first-order chi connectivity index (χ1) is 12.7. The third-order valence-corrected chi connectivity index (χ3v) is 4.70. The van der Waals surface area contributed by atoms with Crippen LogP contribution in [0.1, 0.15) is 22.0 Å². The standard InChI is InChI=1S/C19H23ClN4O3/c1-22(2)15-8-5-13(6-9-15)18(23(3)4)12-21-19(25)14-7-10-16(20)17(11-14)24(26)27/h5-11,18H,12H2,1-4H3,(H,21,25)/p+1/t18-/m0/s1. The Labute approximate surface area is 163 Å². The van der Waals surface area contributed by atoms with E-state index in [-0.39, 0.29) is 28.2 Å². The van der Waals surface area contributed by atoms with Crippen molar-refractivity contribution < 1.29 is 14.6 Å². The van der Waals surface area contributed by atoms with E-state index in [0.717, 1.165) is 16.2 Å². The number of rotatable bonds is 7. The van der Waals surface area contributed by atoms with E-state index in [4.69, 9.17) is 11.6 Å². The number of hydrogen-bond donors (Lipinski definition) is 2. The van der Waals surface area contributed by atoms with Gasteiger partial charge in [0.2, 0.25) is 0 Å². The summed E-state index contributed by atoms with van der Waals surface area (Å²) in [5.74, 6) is -0.370. The van der Waals surface area contributed by atoms with Crippen molar-refractivity contribution in [3.8, 4) is 0 Å². The summed E-state index contributed by atoms with van der Waals surface area (Å²) in [4.78, 5) is 26.0. The third-order valence-electron chi connectivity index (χ3n) is 4.38. The number of nitro benzene ring substituents is 1. The molecular weight excluding hydrogens is 368 g/mol. The van der Waals surface area contributed by atoms with Crippen LogP contribution in [0.3, 0.4) is 0 Å². The highest BCUT2D eigenvalue weighted by Crippen LogP contribution is 2.25. The number of nitrogens with one attached hydrogen (secondary N) is 2. The molecule has 0 heterocycles. The van der Waals surface area contributed by atoms with Crippen molar-refractivity contribution in [1.29, 1.82) is 0 Å². The number of quaternary nitrogens is 1. The molecular formula is C19H24ClN4O3+. The van der Waals surface area contributed by atoms with E-state index in [0.29, 0.717) is 6.54 Å². The van der Waals surface area contributed by atoms with E-state index in [1.807, 2.05) is 57.4 Å². The van der Waals surface area contributed by atoms with Crippen molar-refractivity contribution >= 4 is 28.9 Å². The van der Waals surface area contributed by atoms with Gasteiger partial charge in [-0.15, -0.1) is 0 Å². The molecule has 0 fully saturated rings. The summed E-state index contributed by atoms with van der Waals surface area (Å²) in [6.07, 6.45) is 0. The number of amides is 1.